The van der Waals surface area contributed by atoms with Gasteiger partial charge in [0, 0.05) is 0 Å². The Morgan fingerprint density at radius 1 is 1.24 bits per heavy atom. The average molecular weight is 375 g/mol. The lowest BCUT2D eigenvalue weighted by Gasteiger charge is -2.47. The van der Waals surface area contributed by atoms with Crippen LogP contribution in [-0.4, -0.2) is 79.2 Å². The summed E-state index contributed by atoms with van der Waals surface area (Å²) in [6, 6.07) is 0. The van der Waals surface area contributed by atoms with Gasteiger partial charge in [-0.05, 0) is 12.8 Å². The summed E-state index contributed by atoms with van der Waals surface area (Å²) in [4.78, 5) is 11.4. The highest BCUT2D eigenvalue weighted by atomic mass is 28.3. The Kier molecular flexibility index (Phi) is 6.80. The summed E-state index contributed by atoms with van der Waals surface area (Å²) in [7, 11) is -0.179. The lowest BCUT2D eigenvalue weighted by Crippen LogP contribution is -2.63. The predicted octanol–water partition coefficient (Wildman–Crippen LogP) is 0.381. The summed E-state index contributed by atoms with van der Waals surface area (Å²) in [6.07, 6.45) is -2.93. The molecule has 7 nitrogen and oxygen atoms in total. The molecule has 2 saturated heterocycles. The Balaban J connectivity index is 2.02. The van der Waals surface area contributed by atoms with E-state index in [9.17, 15) is 20.1 Å². The smallest absolute Gasteiger partial charge is 0.308 e. The molecule has 0 spiro atoms. The zero-order valence-electron chi connectivity index (χ0n) is 15.3. The van der Waals surface area contributed by atoms with Crippen LogP contribution in [0.2, 0.25) is 19.6 Å². The number of aliphatic hydroxyl groups is 3. The van der Waals surface area contributed by atoms with Crippen molar-refractivity contribution in [2.45, 2.75) is 81.6 Å². The predicted molar refractivity (Wildman–Crippen MR) is 93.7 cm³/mol. The molecule has 0 amide bonds. The fourth-order valence-electron chi connectivity index (χ4n) is 3.21. The number of carbonyl (C=O) groups is 1. The van der Waals surface area contributed by atoms with E-state index in [1.807, 2.05) is 5.70 Å². The maximum absolute atomic E-state index is 11.4. The first-order valence-corrected chi connectivity index (χ1v) is 12.3. The highest BCUT2D eigenvalue weighted by molar-refractivity contribution is 6.80. The van der Waals surface area contributed by atoms with Gasteiger partial charge in [0.25, 0.3) is 0 Å². The molecule has 0 aromatic rings. The van der Waals surface area contributed by atoms with Crippen LogP contribution in [0.15, 0.2) is 11.8 Å². The number of methoxy groups -OCH3 is 1. The van der Waals surface area contributed by atoms with Crippen molar-refractivity contribution in [3.63, 3.8) is 0 Å². The van der Waals surface area contributed by atoms with Crippen LogP contribution in [0, 0.1) is 0 Å². The van der Waals surface area contributed by atoms with Crippen LogP contribution < -0.4 is 0 Å². The molecule has 2 heterocycles. The second kappa shape index (κ2) is 8.28. The van der Waals surface area contributed by atoms with Crippen molar-refractivity contribution in [3.05, 3.63) is 11.8 Å². The molecule has 7 atom stereocenters. The lowest BCUT2D eigenvalue weighted by atomic mass is 9.87. The van der Waals surface area contributed by atoms with E-state index in [-0.39, 0.29) is 18.5 Å². The Hall–Kier alpha value is -0.773. The minimum atomic E-state index is -1.49. The van der Waals surface area contributed by atoms with Crippen LogP contribution in [0.25, 0.3) is 0 Å². The summed E-state index contributed by atoms with van der Waals surface area (Å²) in [6.45, 7) is 6.40. The first-order chi connectivity index (χ1) is 11.6. The average Bonchev–Trinajstić information content (AvgIpc) is 2.55. The summed E-state index contributed by atoms with van der Waals surface area (Å²) >= 11 is 0. The highest BCUT2D eigenvalue weighted by Crippen LogP contribution is 2.34. The van der Waals surface area contributed by atoms with E-state index in [4.69, 9.17) is 9.47 Å². The molecule has 2 aliphatic heterocycles. The number of fused-ring (bicyclic) bond motifs is 1. The van der Waals surface area contributed by atoms with Gasteiger partial charge in [-0.15, -0.1) is 0 Å². The first kappa shape index (κ1) is 20.5. The fourth-order valence-corrected chi connectivity index (χ4v) is 3.98. The van der Waals surface area contributed by atoms with E-state index in [0.29, 0.717) is 12.8 Å². The standard InChI is InChI=1S/C17H30O7Si/c1-22-13(19)9-10-5-6-12-17(23-10)15(21)14(20)16(24-12)11(18)7-8-25(2,3)4/h7-8,10-12,14-18,20-21H,5-6,9H2,1-4H3/b8-7+/t10?,11-,12-,14-,15+,16-,17-/m0/s1. The van der Waals surface area contributed by atoms with E-state index in [1.54, 1.807) is 6.08 Å². The number of ether oxygens (including phenoxy) is 3. The molecule has 25 heavy (non-hydrogen) atoms. The first-order valence-electron chi connectivity index (χ1n) is 8.73. The topological polar surface area (TPSA) is 105 Å². The molecule has 2 fully saturated rings. The van der Waals surface area contributed by atoms with E-state index in [0.717, 1.165) is 0 Å². The molecule has 0 aliphatic carbocycles. The number of hydrogen-bond acceptors (Lipinski definition) is 7. The second-order valence-electron chi connectivity index (χ2n) is 7.92. The number of esters is 1. The van der Waals surface area contributed by atoms with Crippen LogP contribution in [0.3, 0.4) is 0 Å². The zero-order valence-corrected chi connectivity index (χ0v) is 16.3. The van der Waals surface area contributed by atoms with Gasteiger partial charge in [-0.25, -0.2) is 0 Å². The maximum atomic E-state index is 11.4. The Bertz CT molecular complexity index is 488. The molecular weight excluding hydrogens is 344 g/mol. The molecule has 3 N–H and O–H groups in total. The van der Waals surface area contributed by atoms with Gasteiger partial charge in [0.1, 0.15) is 30.5 Å². The molecule has 0 bridgehead atoms. The van der Waals surface area contributed by atoms with Crippen molar-refractivity contribution in [1.29, 1.82) is 0 Å². The van der Waals surface area contributed by atoms with Gasteiger partial charge < -0.3 is 29.5 Å². The SMILES string of the molecule is COC(=O)CC1CC[C@@H]2O[C@@H]([C@@H](O)/C=C/[Si](C)(C)C)[C@@H](O)[C@@H](O)[C@H]2O1. The van der Waals surface area contributed by atoms with Crippen LogP contribution in [-0.2, 0) is 19.0 Å². The van der Waals surface area contributed by atoms with E-state index < -0.39 is 44.7 Å². The van der Waals surface area contributed by atoms with Gasteiger partial charge in [-0.2, -0.15) is 0 Å². The monoisotopic (exact) mass is 374 g/mol. The largest absolute Gasteiger partial charge is 0.469 e. The normalized spacial score (nSPS) is 37.6. The summed E-state index contributed by atoms with van der Waals surface area (Å²) in [5, 5.41) is 31.1. The van der Waals surface area contributed by atoms with Gasteiger partial charge in [0.05, 0.1) is 33.8 Å². The molecule has 144 valence electrons. The van der Waals surface area contributed by atoms with Crippen molar-refractivity contribution in [2.75, 3.05) is 7.11 Å². The number of carbonyl (C=O) groups excluding carboxylic acids is 1. The number of aliphatic hydroxyl groups excluding tert-OH is 3. The van der Waals surface area contributed by atoms with Gasteiger partial charge >= 0.3 is 5.97 Å². The third kappa shape index (κ3) is 5.35. The maximum Gasteiger partial charge on any atom is 0.308 e. The van der Waals surface area contributed by atoms with Gasteiger partial charge in [0.2, 0.25) is 0 Å². The third-order valence-electron chi connectivity index (χ3n) is 4.60. The van der Waals surface area contributed by atoms with Gasteiger partial charge in [-0.3, -0.25) is 4.79 Å². The number of rotatable bonds is 5. The van der Waals surface area contributed by atoms with E-state index in [2.05, 4.69) is 24.4 Å². The molecular formula is C17H30O7Si. The fraction of sp³-hybridized carbons (Fsp3) is 0.824. The Labute approximate surface area is 149 Å². The van der Waals surface area contributed by atoms with Crippen molar-refractivity contribution < 1.29 is 34.3 Å². The molecule has 0 saturated carbocycles. The molecule has 2 aliphatic rings. The van der Waals surface area contributed by atoms with Crippen molar-refractivity contribution in [2.24, 2.45) is 0 Å². The minimum absolute atomic E-state index is 0.105. The molecule has 0 aromatic carbocycles. The van der Waals surface area contributed by atoms with Crippen LogP contribution >= 0.6 is 0 Å². The second-order valence-corrected chi connectivity index (χ2v) is 13.0. The molecule has 8 heteroatoms. The molecule has 1 unspecified atom stereocenters. The molecule has 2 rings (SSSR count). The Morgan fingerprint density at radius 2 is 1.92 bits per heavy atom. The van der Waals surface area contributed by atoms with Crippen molar-refractivity contribution in [1.82, 2.24) is 0 Å². The zero-order chi connectivity index (χ0) is 18.8. The highest BCUT2D eigenvalue weighted by Gasteiger charge is 2.49. The summed E-state index contributed by atoms with van der Waals surface area (Å²) in [5.74, 6) is -0.375. The van der Waals surface area contributed by atoms with Crippen molar-refractivity contribution in [3.8, 4) is 0 Å². The lowest BCUT2D eigenvalue weighted by molar-refractivity contribution is -0.274. The molecule has 0 aromatic heterocycles. The summed E-state index contributed by atoms with van der Waals surface area (Å²) in [5.41, 5.74) is 1.98. The minimum Gasteiger partial charge on any atom is -0.469 e. The third-order valence-corrected chi connectivity index (χ3v) is 5.79. The van der Waals surface area contributed by atoms with Crippen LogP contribution in [0.1, 0.15) is 19.3 Å². The van der Waals surface area contributed by atoms with E-state index in [1.165, 1.54) is 7.11 Å². The number of hydrogen-bond donors (Lipinski definition) is 3. The van der Waals surface area contributed by atoms with E-state index >= 15 is 0 Å². The summed E-state index contributed by atoms with van der Waals surface area (Å²) < 4.78 is 16.2. The Morgan fingerprint density at radius 3 is 2.52 bits per heavy atom. The van der Waals surface area contributed by atoms with Gasteiger partial charge in [0.15, 0.2) is 0 Å². The van der Waals surface area contributed by atoms with Crippen LogP contribution in [0.4, 0.5) is 0 Å². The van der Waals surface area contributed by atoms with Crippen LogP contribution in [0.5, 0.6) is 0 Å². The quantitative estimate of drug-likeness (QED) is 0.472. The van der Waals surface area contributed by atoms with Gasteiger partial charge in [-0.1, -0.05) is 31.4 Å². The van der Waals surface area contributed by atoms with Crippen molar-refractivity contribution >= 4 is 14.0 Å². The molecule has 0 radical (unpaired) electrons.